The molecule has 0 bridgehead atoms. The highest BCUT2D eigenvalue weighted by Gasteiger charge is 2.30. The summed E-state index contributed by atoms with van der Waals surface area (Å²) in [5.41, 5.74) is 0. The Kier molecular flexibility index (Phi) is 69.6. The molecule has 0 aromatic heterocycles. The van der Waals surface area contributed by atoms with Crippen LogP contribution in [0.5, 0.6) is 0 Å². The normalized spacial score (nSPS) is 14.5. The maximum absolute atomic E-state index is 13.1. The number of hydrogen-bond donors (Lipinski definition) is 3. The molecule has 0 aliphatic rings. The average molecular weight is 1480 g/mol. The van der Waals surface area contributed by atoms with E-state index in [9.17, 15) is 43.2 Å². The van der Waals surface area contributed by atoms with Crippen molar-refractivity contribution in [1.29, 1.82) is 0 Å². The van der Waals surface area contributed by atoms with Gasteiger partial charge in [0.1, 0.15) is 19.3 Å². The number of rotatable bonds is 79. The van der Waals surface area contributed by atoms with Gasteiger partial charge in [-0.15, -0.1) is 0 Å². The molecule has 0 aliphatic heterocycles. The lowest BCUT2D eigenvalue weighted by molar-refractivity contribution is -0.161. The number of phosphoric ester groups is 2. The summed E-state index contributed by atoms with van der Waals surface area (Å²) in [5, 5.41) is 10.7. The number of esters is 4. The molecular weight excluding hydrogens is 1320 g/mol. The molecule has 0 aliphatic carbocycles. The van der Waals surface area contributed by atoms with Crippen molar-refractivity contribution in [2.45, 2.75) is 440 Å². The molecule has 0 amide bonds. The fourth-order valence-corrected chi connectivity index (χ4v) is 14.1. The Morgan fingerprint density at radius 1 is 0.277 bits per heavy atom. The summed E-state index contributed by atoms with van der Waals surface area (Å²) in [6, 6.07) is 0. The predicted octanol–water partition coefficient (Wildman–Crippen LogP) is 24.4. The number of aliphatic hydroxyl groups is 1. The van der Waals surface area contributed by atoms with Crippen LogP contribution in [0.15, 0.2) is 0 Å². The van der Waals surface area contributed by atoms with Gasteiger partial charge in [0.2, 0.25) is 0 Å². The van der Waals surface area contributed by atoms with E-state index >= 15 is 0 Å². The quantitative estimate of drug-likeness (QED) is 0.0222. The molecule has 7 atom stereocenters. The van der Waals surface area contributed by atoms with E-state index in [1.807, 2.05) is 0 Å². The first-order valence-corrected chi connectivity index (χ1v) is 45.3. The summed E-state index contributed by atoms with van der Waals surface area (Å²) < 4.78 is 68.8. The van der Waals surface area contributed by atoms with Gasteiger partial charge in [-0.05, 0) is 49.4 Å². The minimum Gasteiger partial charge on any atom is -0.462 e. The van der Waals surface area contributed by atoms with Gasteiger partial charge in [-0.25, -0.2) is 9.13 Å². The molecule has 0 aromatic rings. The Bertz CT molecular complexity index is 1980. The average Bonchev–Trinajstić information content (AvgIpc) is 0.945. The predicted molar refractivity (Wildman–Crippen MR) is 414 cm³/mol. The Balaban J connectivity index is 5.26. The van der Waals surface area contributed by atoms with Crippen molar-refractivity contribution in [3.05, 3.63) is 0 Å². The lowest BCUT2D eigenvalue weighted by Crippen LogP contribution is -2.30. The standard InChI is InChI=1S/C82H160O17P2/c1-9-74(7)60-52-44-36-27-21-17-14-15-18-22-29-38-46-54-62-79(84)92-68-77(98-81(86)64-56-48-40-30-23-19-13-11-12-16-20-26-34-42-50-58-72(3)4)70-96-100(88,89)94-66-76(83)67-95-101(90,91)97-71-78(69-93-80(85)63-55-47-39-33-32-35-43-51-59-73(5)6)99-82(87)65-57-49-41-31-25-24-28-37-45-53-61-75(8)10-2/h72-78,83H,9-71H2,1-8H3,(H,88,89)(H,90,91)/t74?,75?,76-,77-,78-/m1/s1. The number of ether oxygens (including phenoxy) is 4. The molecule has 0 aromatic carbocycles. The van der Waals surface area contributed by atoms with Crippen LogP contribution in [0.1, 0.15) is 421 Å². The Morgan fingerprint density at radius 3 is 0.703 bits per heavy atom. The van der Waals surface area contributed by atoms with Crippen LogP contribution in [0.2, 0.25) is 0 Å². The van der Waals surface area contributed by atoms with Gasteiger partial charge in [0.25, 0.3) is 0 Å². The highest BCUT2D eigenvalue weighted by Crippen LogP contribution is 2.45. The molecule has 0 fully saturated rings. The zero-order valence-corrected chi connectivity index (χ0v) is 68.3. The number of aliphatic hydroxyl groups excluding tert-OH is 1. The van der Waals surface area contributed by atoms with Crippen molar-refractivity contribution in [2.75, 3.05) is 39.6 Å². The third-order valence-corrected chi connectivity index (χ3v) is 21.7. The highest BCUT2D eigenvalue weighted by atomic mass is 31.2. The van der Waals surface area contributed by atoms with Crippen molar-refractivity contribution in [3.63, 3.8) is 0 Å². The first-order chi connectivity index (χ1) is 48.7. The molecule has 17 nitrogen and oxygen atoms in total. The zero-order valence-electron chi connectivity index (χ0n) is 66.5. The lowest BCUT2D eigenvalue weighted by atomic mass is 9.99. The van der Waals surface area contributed by atoms with Gasteiger partial charge in [0.15, 0.2) is 12.2 Å². The molecule has 0 heterocycles. The number of unbranched alkanes of at least 4 members (excludes halogenated alkanes) is 43. The van der Waals surface area contributed by atoms with E-state index in [0.29, 0.717) is 25.7 Å². The van der Waals surface area contributed by atoms with Gasteiger partial charge in [-0.3, -0.25) is 37.3 Å². The topological polar surface area (TPSA) is 237 Å². The van der Waals surface area contributed by atoms with Gasteiger partial charge in [-0.1, -0.05) is 370 Å². The molecule has 0 saturated heterocycles. The summed E-state index contributed by atoms with van der Waals surface area (Å²) in [4.78, 5) is 73.1. The van der Waals surface area contributed by atoms with Crippen molar-refractivity contribution < 1.29 is 80.2 Å². The minimum absolute atomic E-state index is 0.105. The van der Waals surface area contributed by atoms with Crippen molar-refractivity contribution in [2.24, 2.45) is 23.7 Å². The molecule has 101 heavy (non-hydrogen) atoms. The summed E-state index contributed by atoms with van der Waals surface area (Å²) in [5.74, 6) is 1.07. The van der Waals surface area contributed by atoms with E-state index in [-0.39, 0.29) is 25.7 Å². The molecule has 19 heteroatoms. The Labute approximate surface area is 619 Å². The smallest absolute Gasteiger partial charge is 0.462 e. The van der Waals surface area contributed by atoms with Crippen molar-refractivity contribution in [1.82, 2.24) is 0 Å². The Hall–Kier alpha value is -1.94. The third kappa shape index (κ3) is 73.4. The fourth-order valence-electron chi connectivity index (χ4n) is 12.5. The summed E-state index contributed by atoms with van der Waals surface area (Å²) in [6.45, 7) is 14.3. The summed E-state index contributed by atoms with van der Waals surface area (Å²) in [7, 11) is -9.92. The van der Waals surface area contributed by atoms with Gasteiger partial charge in [0, 0.05) is 25.7 Å². The summed E-state index contributed by atoms with van der Waals surface area (Å²) >= 11 is 0. The van der Waals surface area contributed by atoms with Crippen molar-refractivity contribution in [3.8, 4) is 0 Å². The van der Waals surface area contributed by atoms with Crippen LogP contribution >= 0.6 is 15.6 Å². The SMILES string of the molecule is CCC(C)CCCCCCCCCCCCCCCCC(=O)OC[C@H](COP(=O)(O)OC[C@@H](O)COP(=O)(O)OC[C@@H](COC(=O)CCCCCCCCCCC(C)C)OC(=O)CCCCCCCCCCCCC(C)CC)OC(=O)CCCCCCCCCCCCCCCCCC(C)C. The van der Waals surface area contributed by atoms with Crippen LogP contribution in [0.3, 0.4) is 0 Å². The first-order valence-electron chi connectivity index (χ1n) is 42.3. The fraction of sp³-hybridized carbons (Fsp3) is 0.951. The van der Waals surface area contributed by atoms with Crippen molar-refractivity contribution >= 4 is 39.5 Å². The van der Waals surface area contributed by atoms with Gasteiger partial charge >= 0.3 is 39.5 Å². The van der Waals surface area contributed by atoms with E-state index in [1.165, 1.54) is 225 Å². The van der Waals surface area contributed by atoms with Crippen LogP contribution in [0.4, 0.5) is 0 Å². The Morgan fingerprint density at radius 2 is 0.475 bits per heavy atom. The molecule has 4 unspecified atom stereocenters. The highest BCUT2D eigenvalue weighted by molar-refractivity contribution is 7.47. The monoisotopic (exact) mass is 1480 g/mol. The maximum Gasteiger partial charge on any atom is 0.472 e. The molecule has 0 radical (unpaired) electrons. The molecule has 0 saturated carbocycles. The largest absolute Gasteiger partial charge is 0.472 e. The first kappa shape index (κ1) is 99.1. The number of phosphoric acid groups is 2. The molecular formula is C82H160O17P2. The second-order valence-corrected chi connectivity index (χ2v) is 33.9. The van der Waals surface area contributed by atoms with Crippen LogP contribution in [0, 0.1) is 23.7 Å². The van der Waals surface area contributed by atoms with E-state index in [2.05, 4.69) is 55.4 Å². The van der Waals surface area contributed by atoms with Crippen LogP contribution in [-0.4, -0.2) is 96.7 Å². The van der Waals surface area contributed by atoms with E-state index < -0.39 is 97.5 Å². The second-order valence-electron chi connectivity index (χ2n) is 31.0. The molecule has 0 spiro atoms. The van der Waals surface area contributed by atoms with E-state index in [0.717, 1.165) is 114 Å². The third-order valence-electron chi connectivity index (χ3n) is 19.8. The van der Waals surface area contributed by atoms with Gasteiger partial charge in [-0.2, -0.15) is 0 Å². The minimum atomic E-state index is -4.96. The van der Waals surface area contributed by atoms with Gasteiger partial charge in [0.05, 0.1) is 26.4 Å². The number of carbonyl (C=O) groups excluding carboxylic acids is 4. The lowest BCUT2D eigenvalue weighted by Gasteiger charge is -2.21. The van der Waals surface area contributed by atoms with Crippen LogP contribution < -0.4 is 0 Å². The second kappa shape index (κ2) is 71.0. The number of hydrogen-bond acceptors (Lipinski definition) is 15. The maximum atomic E-state index is 13.1. The number of carbonyl (C=O) groups is 4. The molecule has 3 N–H and O–H groups in total. The van der Waals surface area contributed by atoms with Gasteiger partial charge < -0.3 is 33.8 Å². The zero-order chi connectivity index (χ0) is 74.6. The van der Waals surface area contributed by atoms with E-state index in [4.69, 9.17) is 37.0 Å². The van der Waals surface area contributed by atoms with Crippen LogP contribution in [0.25, 0.3) is 0 Å². The molecule has 0 rings (SSSR count). The molecule has 600 valence electrons. The summed E-state index contributed by atoms with van der Waals surface area (Å²) in [6.07, 6.45) is 58.1. The van der Waals surface area contributed by atoms with E-state index in [1.54, 1.807) is 0 Å². The van der Waals surface area contributed by atoms with Crippen LogP contribution in [-0.2, 0) is 65.4 Å².